The van der Waals surface area contributed by atoms with Crippen LogP contribution in [0.1, 0.15) is 24.6 Å². The Bertz CT molecular complexity index is 576. The number of rotatable bonds is 5. The van der Waals surface area contributed by atoms with Crippen molar-refractivity contribution in [2.24, 2.45) is 5.92 Å². The van der Waals surface area contributed by atoms with Crippen LogP contribution in [0.25, 0.3) is 0 Å². The Labute approximate surface area is 165 Å². The van der Waals surface area contributed by atoms with Crippen LogP contribution in [0.15, 0.2) is 17.5 Å². The third-order valence-electron chi connectivity index (χ3n) is 5.01. The van der Waals surface area contributed by atoms with E-state index in [2.05, 4.69) is 22.1 Å². The molecule has 0 spiro atoms. The molecule has 146 valence electrons. The number of morpholine rings is 1. The molecule has 26 heavy (non-hydrogen) atoms. The molecule has 0 saturated carbocycles. The number of carbonyl (C=O) groups is 2. The maximum Gasteiger partial charge on any atom is 0.242 e. The molecule has 8 heteroatoms. The van der Waals surface area contributed by atoms with Gasteiger partial charge in [-0.05, 0) is 37.6 Å². The summed E-state index contributed by atoms with van der Waals surface area (Å²) in [6.45, 7) is 5.27. The van der Waals surface area contributed by atoms with Crippen LogP contribution in [-0.2, 0) is 20.7 Å². The van der Waals surface area contributed by atoms with Crippen molar-refractivity contribution in [3.8, 4) is 0 Å². The van der Waals surface area contributed by atoms with Gasteiger partial charge in [0.25, 0.3) is 0 Å². The fraction of sp³-hybridized carbons (Fsp3) is 0.667. The minimum Gasteiger partial charge on any atom is -0.375 e. The lowest BCUT2D eigenvalue weighted by Gasteiger charge is -2.37. The van der Waals surface area contributed by atoms with Gasteiger partial charge in [0, 0.05) is 37.0 Å². The normalized spacial score (nSPS) is 24.0. The number of amides is 2. The first-order valence-electron chi connectivity index (χ1n) is 9.09. The molecule has 2 saturated heterocycles. The Morgan fingerprint density at radius 1 is 1.38 bits per heavy atom. The summed E-state index contributed by atoms with van der Waals surface area (Å²) in [4.78, 5) is 28.1. The molecule has 0 radical (unpaired) electrons. The third-order valence-corrected chi connectivity index (χ3v) is 5.95. The highest BCUT2D eigenvalue weighted by Crippen LogP contribution is 2.19. The first-order valence-corrected chi connectivity index (χ1v) is 9.97. The van der Waals surface area contributed by atoms with Gasteiger partial charge in [0.15, 0.2) is 0 Å². The molecule has 2 atom stereocenters. The highest BCUT2D eigenvalue weighted by molar-refractivity contribution is 7.09. The van der Waals surface area contributed by atoms with E-state index in [0.29, 0.717) is 32.8 Å². The molecule has 1 aromatic heterocycles. The molecular weight excluding hydrogens is 374 g/mol. The number of hydrogen-bond donors (Lipinski definition) is 2. The largest absolute Gasteiger partial charge is 0.375 e. The Kier molecular flexibility index (Phi) is 8.34. The number of piperidine rings is 1. The molecule has 2 N–H and O–H groups in total. The number of nitrogens with zero attached hydrogens (tertiary/aromatic N) is 1. The van der Waals surface area contributed by atoms with Gasteiger partial charge in [-0.25, -0.2) is 0 Å². The molecular formula is C18H28ClN3O3S. The summed E-state index contributed by atoms with van der Waals surface area (Å²) in [5.41, 5.74) is 0. The van der Waals surface area contributed by atoms with Crippen molar-refractivity contribution < 1.29 is 14.3 Å². The Morgan fingerprint density at radius 2 is 2.15 bits per heavy atom. The van der Waals surface area contributed by atoms with Gasteiger partial charge < -0.3 is 20.3 Å². The van der Waals surface area contributed by atoms with Crippen molar-refractivity contribution in [3.05, 3.63) is 22.4 Å². The van der Waals surface area contributed by atoms with E-state index in [0.717, 1.165) is 19.3 Å². The van der Waals surface area contributed by atoms with E-state index in [1.54, 1.807) is 11.3 Å². The van der Waals surface area contributed by atoms with Crippen LogP contribution < -0.4 is 10.6 Å². The van der Waals surface area contributed by atoms with Crippen molar-refractivity contribution in [1.29, 1.82) is 0 Å². The highest BCUT2D eigenvalue weighted by Gasteiger charge is 2.34. The van der Waals surface area contributed by atoms with E-state index in [1.807, 2.05) is 17.9 Å². The van der Waals surface area contributed by atoms with E-state index in [-0.39, 0.29) is 42.3 Å². The van der Waals surface area contributed by atoms with Gasteiger partial charge in [-0.2, -0.15) is 0 Å². The molecule has 2 aliphatic rings. The Morgan fingerprint density at radius 3 is 2.81 bits per heavy atom. The SMILES string of the molecule is C[C@H]1OCCN[C@@H]1C(=O)N1CCC(C(=O)NCCc2cccs2)CC1.Cl. The number of likely N-dealkylation sites (tertiary alicyclic amines) is 1. The lowest BCUT2D eigenvalue weighted by atomic mass is 9.95. The van der Waals surface area contributed by atoms with Crippen LogP contribution in [0.2, 0.25) is 0 Å². The second kappa shape index (κ2) is 10.3. The van der Waals surface area contributed by atoms with Crippen LogP contribution in [0.3, 0.4) is 0 Å². The predicted molar refractivity (Wildman–Crippen MR) is 105 cm³/mol. The van der Waals surface area contributed by atoms with Crippen LogP contribution in [0.4, 0.5) is 0 Å². The van der Waals surface area contributed by atoms with Gasteiger partial charge in [0.05, 0.1) is 12.7 Å². The quantitative estimate of drug-likeness (QED) is 0.783. The second-order valence-corrected chi connectivity index (χ2v) is 7.76. The zero-order chi connectivity index (χ0) is 17.6. The number of nitrogens with one attached hydrogen (secondary N) is 2. The molecule has 2 aliphatic heterocycles. The van der Waals surface area contributed by atoms with E-state index in [1.165, 1.54) is 4.88 Å². The van der Waals surface area contributed by atoms with E-state index < -0.39 is 0 Å². The predicted octanol–water partition coefficient (Wildman–Crippen LogP) is 1.44. The smallest absolute Gasteiger partial charge is 0.242 e. The molecule has 0 unspecified atom stereocenters. The van der Waals surface area contributed by atoms with Crippen molar-refractivity contribution >= 4 is 35.6 Å². The average molecular weight is 402 g/mol. The maximum absolute atomic E-state index is 12.6. The Hall–Kier alpha value is -1.15. The summed E-state index contributed by atoms with van der Waals surface area (Å²) < 4.78 is 5.56. The van der Waals surface area contributed by atoms with Crippen LogP contribution in [0, 0.1) is 5.92 Å². The summed E-state index contributed by atoms with van der Waals surface area (Å²) in [6, 6.07) is 3.86. The first-order chi connectivity index (χ1) is 12.1. The van der Waals surface area contributed by atoms with Gasteiger partial charge in [0.2, 0.25) is 11.8 Å². The monoisotopic (exact) mass is 401 g/mol. The van der Waals surface area contributed by atoms with Crippen molar-refractivity contribution in [2.75, 3.05) is 32.8 Å². The first kappa shape index (κ1) is 21.2. The molecule has 3 heterocycles. The summed E-state index contributed by atoms with van der Waals surface area (Å²) in [7, 11) is 0. The lowest BCUT2D eigenvalue weighted by molar-refractivity contribution is -0.142. The minimum atomic E-state index is -0.259. The third kappa shape index (κ3) is 5.42. The second-order valence-electron chi connectivity index (χ2n) is 6.73. The molecule has 0 aliphatic carbocycles. The van der Waals surface area contributed by atoms with Crippen LogP contribution in [-0.4, -0.2) is 61.6 Å². The van der Waals surface area contributed by atoms with Crippen LogP contribution >= 0.6 is 23.7 Å². The zero-order valence-electron chi connectivity index (χ0n) is 15.1. The summed E-state index contributed by atoms with van der Waals surface area (Å²) in [5, 5.41) is 8.34. The maximum atomic E-state index is 12.6. The topological polar surface area (TPSA) is 70.7 Å². The van der Waals surface area contributed by atoms with Gasteiger partial charge in [0.1, 0.15) is 6.04 Å². The van der Waals surface area contributed by atoms with Gasteiger partial charge >= 0.3 is 0 Å². The Balaban J connectivity index is 0.00000243. The molecule has 2 fully saturated rings. The van der Waals surface area contributed by atoms with E-state index >= 15 is 0 Å². The van der Waals surface area contributed by atoms with Crippen molar-refractivity contribution in [3.63, 3.8) is 0 Å². The number of halogens is 1. The van der Waals surface area contributed by atoms with Gasteiger partial charge in [-0.3, -0.25) is 9.59 Å². The summed E-state index contributed by atoms with van der Waals surface area (Å²) in [6.07, 6.45) is 2.25. The molecule has 6 nitrogen and oxygen atoms in total. The summed E-state index contributed by atoms with van der Waals surface area (Å²) in [5.74, 6) is 0.236. The van der Waals surface area contributed by atoms with E-state index in [9.17, 15) is 9.59 Å². The number of carbonyl (C=O) groups excluding carboxylic acids is 2. The molecule has 0 bridgehead atoms. The van der Waals surface area contributed by atoms with Crippen LogP contribution in [0.5, 0.6) is 0 Å². The summed E-state index contributed by atoms with van der Waals surface area (Å²) >= 11 is 1.72. The number of hydrogen-bond acceptors (Lipinski definition) is 5. The standard InChI is InChI=1S/C18H27N3O3S.ClH/c1-13-16(19-8-11-24-13)18(23)21-9-5-14(6-10-21)17(22)20-7-4-15-3-2-12-25-15;/h2-3,12-14,16,19H,4-11H2,1H3,(H,20,22);1H/t13-,16+;/m1./s1. The zero-order valence-corrected chi connectivity index (χ0v) is 16.7. The number of ether oxygens (including phenoxy) is 1. The van der Waals surface area contributed by atoms with Gasteiger partial charge in [-0.1, -0.05) is 6.07 Å². The minimum absolute atomic E-state index is 0. The highest BCUT2D eigenvalue weighted by atomic mass is 35.5. The fourth-order valence-corrected chi connectivity index (χ4v) is 4.19. The van der Waals surface area contributed by atoms with Gasteiger partial charge in [-0.15, -0.1) is 23.7 Å². The van der Waals surface area contributed by atoms with Crippen molar-refractivity contribution in [1.82, 2.24) is 15.5 Å². The average Bonchev–Trinajstić information content (AvgIpc) is 3.15. The molecule has 2 amide bonds. The number of thiophene rings is 1. The molecule has 0 aromatic carbocycles. The molecule has 3 rings (SSSR count). The lowest BCUT2D eigenvalue weighted by Crippen LogP contribution is -2.57. The fourth-order valence-electron chi connectivity index (χ4n) is 3.48. The molecule has 1 aromatic rings. The van der Waals surface area contributed by atoms with Crippen molar-refractivity contribution in [2.45, 2.75) is 38.3 Å². The van der Waals surface area contributed by atoms with E-state index in [4.69, 9.17) is 4.74 Å².